The van der Waals surface area contributed by atoms with Gasteiger partial charge in [-0.15, -0.1) is 0 Å². The zero-order chi connectivity index (χ0) is 16.5. The van der Waals surface area contributed by atoms with Gasteiger partial charge in [-0.05, 0) is 32.1 Å². The molecule has 0 atom stereocenters. The highest BCUT2D eigenvalue weighted by molar-refractivity contribution is 5.81. The number of carbonyl (C=O) groups excluding carboxylic acids is 2. The van der Waals surface area contributed by atoms with Crippen LogP contribution in [0.1, 0.15) is 39.0 Å². The number of ether oxygens (including phenoxy) is 1. The van der Waals surface area contributed by atoms with Gasteiger partial charge in [0, 0.05) is 44.6 Å². The molecular weight excluding hydrogens is 294 g/mol. The Kier molecular flexibility index (Phi) is 7.82. The lowest BCUT2D eigenvalue weighted by atomic mass is 9.81. The van der Waals surface area contributed by atoms with Gasteiger partial charge in [-0.2, -0.15) is 0 Å². The summed E-state index contributed by atoms with van der Waals surface area (Å²) in [6.07, 6.45) is 4.28. The maximum atomic E-state index is 12.2. The van der Waals surface area contributed by atoms with Crippen LogP contribution in [-0.2, 0) is 14.3 Å². The number of nitrogens with zero attached hydrogens (tertiary/aromatic N) is 1. The van der Waals surface area contributed by atoms with E-state index < -0.39 is 0 Å². The third-order valence-corrected chi connectivity index (χ3v) is 4.85. The minimum atomic E-state index is 0.0786. The lowest BCUT2D eigenvalue weighted by Crippen LogP contribution is -2.43. The highest BCUT2D eigenvalue weighted by Crippen LogP contribution is 2.29. The van der Waals surface area contributed by atoms with E-state index in [-0.39, 0.29) is 23.7 Å². The van der Waals surface area contributed by atoms with Gasteiger partial charge in [-0.3, -0.25) is 14.5 Å². The number of amides is 2. The van der Waals surface area contributed by atoms with E-state index >= 15 is 0 Å². The summed E-state index contributed by atoms with van der Waals surface area (Å²) in [6.45, 7) is 7.89. The van der Waals surface area contributed by atoms with E-state index in [1.54, 1.807) is 0 Å². The van der Waals surface area contributed by atoms with Gasteiger partial charge in [0.15, 0.2) is 0 Å². The number of carbonyl (C=O) groups is 2. The van der Waals surface area contributed by atoms with Crippen LogP contribution < -0.4 is 10.6 Å². The number of rotatable bonds is 7. The van der Waals surface area contributed by atoms with Crippen molar-refractivity contribution in [3.05, 3.63) is 0 Å². The highest BCUT2D eigenvalue weighted by Gasteiger charge is 2.29. The first kappa shape index (κ1) is 18.2. The van der Waals surface area contributed by atoms with E-state index in [4.69, 9.17) is 4.74 Å². The van der Waals surface area contributed by atoms with Crippen molar-refractivity contribution in [2.75, 3.05) is 45.9 Å². The Morgan fingerprint density at radius 3 is 2.00 bits per heavy atom. The minimum absolute atomic E-state index is 0.0786. The summed E-state index contributed by atoms with van der Waals surface area (Å²) in [7, 11) is 0. The monoisotopic (exact) mass is 325 g/mol. The van der Waals surface area contributed by atoms with E-state index in [1.165, 1.54) is 0 Å². The number of morpholine rings is 1. The van der Waals surface area contributed by atoms with Gasteiger partial charge < -0.3 is 15.4 Å². The fraction of sp³-hybridized carbons (Fsp3) is 0.882. The van der Waals surface area contributed by atoms with Crippen molar-refractivity contribution in [2.24, 2.45) is 11.8 Å². The van der Waals surface area contributed by atoms with Crippen molar-refractivity contribution in [3.63, 3.8) is 0 Å². The summed E-state index contributed by atoms with van der Waals surface area (Å²) in [5.74, 6) is 0.498. The average molecular weight is 325 g/mol. The highest BCUT2D eigenvalue weighted by atomic mass is 16.5. The molecule has 1 aliphatic carbocycles. The molecule has 132 valence electrons. The second-order valence-electron chi connectivity index (χ2n) is 6.58. The lowest BCUT2D eigenvalue weighted by Gasteiger charge is -2.28. The summed E-state index contributed by atoms with van der Waals surface area (Å²) in [5.41, 5.74) is 0. The predicted octanol–water partition coefficient (Wildman–Crippen LogP) is 0.767. The molecule has 6 nitrogen and oxygen atoms in total. The largest absolute Gasteiger partial charge is 0.379 e. The molecule has 0 spiro atoms. The second kappa shape index (κ2) is 9.88. The van der Waals surface area contributed by atoms with Crippen molar-refractivity contribution in [1.82, 2.24) is 15.5 Å². The van der Waals surface area contributed by atoms with Crippen molar-refractivity contribution in [1.29, 1.82) is 0 Å². The first-order valence-corrected chi connectivity index (χ1v) is 9.06. The number of nitrogens with one attached hydrogen (secondary N) is 2. The Balaban J connectivity index is 1.60. The van der Waals surface area contributed by atoms with Crippen LogP contribution in [0.2, 0.25) is 0 Å². The van der Waals surface area contributed by atoms with Crippen LogP contribution in [-0.4, -0.2) is 62.7 Å². The zero-order valence-electron chi connectivity index (χ0n) is 14.3. The Hall–Kier alpha value is -1.14. The zero-order valence-corrected chi connectivity index (χ0v) is 14.3. The molecule has 1 aliphatic heterocycles. The molecule has 0 unspecified atom stereocenters. The summed E-state index contributed by atoms with van der Waals surface area (Å²) in [6, 6.07) is 0. The molecule has 2 fully saturated rings. The molecule has 6 heteroatoms. The van der Waals surface area contributed by atoms with Crippen LogP contribution >= 0.6 is 0 Å². The maximum absolute atomic E-state index is 12.2. The van der Waals surface area contributed by atoms with E-state index in [2.05, 4.69) is 22.5 Å². The predicted molar refractivity (Wildman–Crippen MR) is 89.0 cm³/mol. The maximum Gasteiger partial charge on any atom is 0.223 e. The molecule has 1 saturated heterocycles. The quantitative estimate of drug-likeness (QED) is 0.725. The smallest absolute Gasteiger partial charge is 0.223 e. The molecule has 0 bridgehead atoms. The van der Waals surface area contributed by atoms with E-state index in [1.807, 2.05) is 0 Å². The summed E-state index contributed by atoms with van der Waals surface area (Å²) >= 11 is 0. The van der Waals surface area contributed by atoms with Crippen LogP contribution in [0.5, 0.6) is 0 Å². The molecule has 23 heavy (non-hydrogen) atoms. The molecular formula is C17H31N3O3. The molecule has 2 aliphatic rings. The van der Waals surface area contributed by atoms with Crippen LogP contribution in [0.15, 0.2) is 0 Å². The van der Waals surface area contributed by atoms with Crippen LogP contribution in [0.4, 0.5) is 0 Å². The second-order valence-corrected chi connectivity index (χ2v) is 6.58. The minimum Gasteiger partial charge on any atom is -0.379 e. The van der Waals surface area contributed by atoms with Crippen molar-refractivity contribution in [2.45, 2.75) is 39.0 Å². The standard InChI is InChI=1S/C17H31N3O3/c1-2-7-18-16(21)14-3-5-15(6-4-14)17(22)19-8-9-20-10-12-23-13-11-20/h14-15H,2-13H2,1H3,(H,18,21)(H,19,22). The fourth-order valence-corrected chi connectivity index (χ4v) is 3.32. The van der Waals surface area contributed by atoms with Crippen LogP contribution in [0, 0.1) is 11.8 Å². The molecule has 0 aromatic rings. The first-order chi connectivity index (χ1) is 11.2. The molecule has 2 N–H and O–H groups in total. The topological polar surface area (TPSA) is 70.7 Å². The lowest BCUT2D eigenvalue weighted by molar-refractivity contribution is -0.130. The van der Waals surface area contributed by atoms with Gasteiger partial charge in [0.1, 0.15) is 0 Å². The normalized spacial score (nSPS) is 25.8. The molecule has 0 aromatic heterocycles. The Labute approximate surface area is 139 Å². The first-order valence-electron chi connectivity index (χ1n) is 9.06. The Bertz CT molecular complexity index is 375. The van der Waals surface area contributed by atoms with Gasteiger partial charge in [0.05, 0.1) is 13.2 Å². The van der Waals surface area contributed by atoms with Gasteiger partial charge in [-0.1, -0.05) is 6.92 Å². The molecule has 1 saturated carbocycles. The number of hydrogen-bond acceptors (Lipinski definition) is 4. The third-order valence-electron chi connectivity index (χ3n) is 4.85. The van der Waals surface area contributed by atoms with Crippen LogP contribution in [0.25, 0.3) is 0 Å². The van der Waals surface area contributed by atoms with Gasteiger partial charge >= 0.3 is 0 Å². The third kappa shape index (κ3) is 6.11. The van der Waals surface area contributed by atoms with E-state index in [9.17, 15) is 9.59 Å². The average Bonchev–Trinajstić information content (AvgIpc) is 2.60. The van der Waals surface area contributed by atoms with Gasteiger partial charge in [0.2, 0.25) is 11.8 Å². The summed E-state index contributed by atoms with van der Waals surface area (Å²) in [5, 5.41) is 6.02. The molecule has 2 amide bonds. The molecule has 2 rings (SSSR count). The molecule has 0 aromatic carbocycles. The SMILES string of the molecule is CCCNC(=O)C1CCC(C(=O)NCCN2CCOCC2)CC1. The summed E-state index contributed by atoms with van der Waals surface area (Å²) < 4.78 is 5.31. The van der Waals surface area contributed by atoms with Crippen LogP contribution in [0.3, 0.4) is 0 Å². The fourth-order valence-electron chi connectivity index (χ4n) is 3.32. The van der Waals surface area contributed by atoms with Crippen molar-refractivity contribution in [3.8, 4) is 0 Å². The Morgan fingerprint density at radius 2 is 1.48 bits per heavy atom. The van der Waals surface area contributed by atoms with Gasteiger partial charge in [-0.25, -0.2) is 0 Å². The molecule has 0 radical (unpaired) electrons. The summed E-state index contributed by atoms with van der Waals surface area (Å²) in [4.78, 5) is 26.5. The number of hydrogen-bond donors (Lipinski definition) is 2. The van der Waals surface area contributed by atoms with E-state index in [0.29, 0.717) is 6.54 Å². The van der Waals surface area contributed by atoms with E-state index in [0.717, 1.165) is 71.5 Å². The van der Waals surface area contributed by atoms with Crippen molar-refractivity contribution >= 4 is 11.8 Å². The molecule has 1 heterocycles. The Morgan fingerprint density at radius 1 is 0.957 bits per heavy atom. The van der Waals surface area contributed by atoms with Crippen molar-refractivity contribution < 1.29 is 14.3 Å². The van der Waals surface area contributed by atoms with Gasteiger partial charge in [0.25, 0.3) is 0 Å².